The summed E-state index contributed by atoms with van der Waals surface area (Å²) in [5.41, 5.74) is 2.89. The number of benzene rings is 1. The molecule has 0 aromatic heterocycles. The van der Waals surface area contributed by atoms with Crippen molar-refractivity contribution in [3.05, 3.63) is 35.4 Å². The van der Waals surface area contributed by atoms with Crippen molar-refractivity contribution in [3.63, 3.8) is 0 Å². The predicted molar refractivity (Wildman–Crippen MR) is 69.7 cm³/mol. The maximum absolute atomic E-state index is 9.47. The summed E-state index contributed by atoms with van der Waals surface area (Å²) in [6.07, 6.45) is 0.713. The normalized spacial score (nSPS) is 15.9. The lowest BCUT2D eigenvalue weighted by molar-refractivity contribution is 0.135. The Morgan fingerprint density at radius 3 is 1.94 bits per heavy atom. The highest BCUT2D eigenvalue weighted by Gasteiger charge is 2.14. The maximum atomic E-state index is 9.47. The van der Waals surface area contributed by atoms with Gasteiger partial charge in [0.2, 0.25) is 0 Å². The molecule has 1 aromatic carbocycles. The van der Waals surface area contributed by atoms with Gasteiger partial charge in [-0.25, -0.2) is 0 Å². The Hall–Kier alpha value is -0.820. The third-order valence-corrected chi connectivity index (χ3v) is 3.20. The van der Waals surface area contributed by atoms with E-state index in [9.17, 15) is 5.11 Å². The van der Waals surface area contributed by atoms with E-state index in [0.717, 1.165) is 6.42 Å². The van der Waals surface area contributed by atoms with Crippen molar-refractivity contribution >= 4 is 0 Å². The summed E-state index contributed by atoms with van der Waals surface area (Å²) >= 11 is 0. The van der Waals surface area contributed by atoms with E-state index < -0.39 is 0 Å². The monoisotopic (exact) mass is 220 g/mol. The van der Waals surface area contributed by atoms with Gasteiger partial charge in [-0.15, -0.1) is 0 Å². The minimum absolute atomic E-state index is 0.217. The number of hydrogen-bond acceptors (Lipinski definition) is 1. The van der Waals surface area contributed by atoms with E-state index in [4.69, 9.17) is 0 Å². The van der Waals surface area contributed by atoms with E-state index >= 15 is 0 Å². The molecule has 0 radical (unpaired) electrons. The Morgan fingerprint density at radius 1 is 1.06 bits per heavy atom. The van der Waals surface area contributed by atoms with Crippen LogP contribution in [0, 0.1) is 5.92 Å². The van der Waals surface area contributed by atoms with Crippen molar-refractivity contribution < 1.29 is 5.11 Å². The molecule has 0 saturated carbocycles. The van der Waals surface area contributed by atoms with Crippen LogP contribution < -0.4 is 0 Å². The second-order valence-electron chi connectivity index (χ2n) is 5.87. The summed E-state index contributed by atoms with van der Waals surface area (Å²) in [5, 5.41) is 9.47. The fraction of sp³-hybridized carbons (Fsp3) is 0.600. The molecular formula is C15H24O. The lowest BCUT2D eigenvalue weighted by atomic mass is 9.86. The number of rotatable bonds is 3. The smallest absolute Gasteiger partial charge is 0.0540 e. The lowest BCUT2D eigenvalue weighted by Crippen LogP contribution is -2.16. The van der Waals surface area contributed by atoms with Gasteiger partial charge in [-0.3, -0.25) is 0 Å². The van der Waals surface area contributed by atoms with Gasteiger partial charge in [0.25, 0.3) is 0 Å². The summed E-state index contributed by atoms with van der Waals surface area (Å²) in [6, 6.07) is 8.76. The molecule has 0 saturated heterocycles. The number of aliphatic hydroxyl groups excluding tert-OH is 1. The summed E-state index contributed by atoms with van der Waals surface area (Å²) < 4.78 is 0. The van der Waals surface area contributed by atoms with Crippen LogP contribution in [0.2, 0.25) is 0 Å². The molecule has 0 amide bonds. The van der Waals surface area contributed by atoms with Gasteiger partial charge in [0, 0.05) is 0 Å². The van der Waals surface area contributed by atoms with E-state index in [-0.39, 0.29) is 11.5 Å². The van der Waals surface area contributed by atoms with Gasteiger partial charge in [-0.2, -0.15) is 0 Å². The van der Waals surface area contributed by atoms with Crippen molar-refractivity contribution in [3.8, 4) is 0 Å². The molecule has 0 aliphatic rings. The SMILES string of the molecule is CC(O)C(C)Cc1ccc(C(C)(C)C)cc1. The van der Waals surface area contributed by atoms with E-state index in [1.54, 1.807) is 0 Å². The molecule has 1 heteroatoms. The molecule has 0 aliphatic carbocycles. The predicted octanol–water partition coefficient (Wildman–Crippen LogP) is 3.54. The molecule has 0 aliphatic heterocycles. The molecule has 0 bridgehead atoms. The molecular weight excluding hydrogens is 196 g/mol. The average molecular weight is 220 g/mol. The minimum atomic E-state index is -0.234. The Kier molecular flexibility index (Phi) is 4.15. The van der Waals surface area contributed by atoms with Gasteiger partial charge in [-0.05, 0) is 35.8 Å². The molecule has 1 nitrogen and oxygen atoms in total. The summed E-state index contributed by atoms with van der Waals surface area (Å²) in [5.74, 6) is 0.320. The molecule has 1 rings (SSSR count). The van der Waals surface area contributed by atoms with E-state index in [0.29, 0.717) is 5.92 Å². The number of aliphatic hydroxyl groups is 1. The van der Waals surface area contributed by atoms with Crippen molar-refractivity contribution in [1.29, 1.82) is 0 Å². The van der Waals surface area contributed by atoms with Gasteiger partial charge >= 0.3 is 0 Å². The van der Waals surface area contributed by atoms with Gasteiger partial charge in [0.15, 0.2) is 0 Å². The highest BCUT2D eigenvalue weighted by molar-refractivity contribution is 5.27. The Balaban J connectivity index is 2.72. The topological polar surface area (TPSA) is 20.2 Å². The molecule has 0 heterocycles. The van der Waals surface area contributed by atoms with Gasteiger partial charge in [-0.1, -0.05) is 52.0 Å². The molecule has 90 valence electrons. The Bertz CT molecular complexity index is 316. The largest absolute Gasteiger partial charge is 0.393 e. The first kappa shape index (κ1) is 13.2. The molecule has 2 unspecified atom stereocenters. The Labute approximate surface area is 99.5 Å². The fourth-order valence-corrected chi connectivity index (χ4v) is 1.68. The summed E-state index contributed by atoms with van der Waals surface area (Å²) in [4.78, 5) is 0. The van der Waals surface area contributed by atoms with Crippen molar-refractivity contribution in [2.45, 2.75) is 52.6 Å². The van der Waals surface area contributed by atoms with Crippen molar-refractivity contribution in [1.82, 2.24) is 0 Å². The minimum Gasteiger partial charge on any atom is -0.393 e. The van der Waals surface area contributed by atoms with Crippen LogP contribution in [0.15, 0.2) is 24.3 Å². The van der Waals surface area contributed by atoms with E-state index in [2.05, 4.69) is 52.0 Å². The molecule has 0 fully saturated rings. The maximum Gasteiger partial charge on any atom is 0.0540 e. The van der Waals surface area contributed by atoms with Gasteiger partial charge in [0.05, 0.1) is 6.10 Å². The quantitative estimate of drug-likeness (QED) is 0.826. The zero-order valence-electron chi connectivity index (χ0n) is 11.1. The molecule has 1 N–H and O–H groups in total. The van der Waals surface area contributed by atoms with Crippen LogP contribution in [0.25, 0.3) is 0 Å². The third-order valence-electron chi connectivity index (χ3n) is 3.20. The van der Waals surface area contributed by atoms with E-state index in [1.165, 1.54) is 11.1 Å². The first-order chi connectivity index (χ1) is 7.30. The average Bonchev–Trinajstić information content (AvgIpc) is 2.17. The van der Waals surface area contributed by atoms with Gasteiger partial charge < -0.3 is 5.11 Å². The second kappa shape index (κ2) is 5.01. The fourth-order valence-electron chi connectivity index (χ4n) is 1.68. The van der Waals surface area contributed by atoms with Crippen LogP contribution in [-0.2, 0) is 11.8 Å². The van der Waals surface area contributed by atoms with Crippen molar-refractivity contribution in [2.24, 2.45) is 5.92 Å². The number of hydrogen-bond donors (Lipinski definition) is 1. The van der Waals surface area contributed by atoms with Crippen LogP contribution in [0.4, 0.5) is 0 Å². The van der Waals surface area contributed by atoms with E-state index in [1.807, 2.05) is 6.92 Å². The van der Waals surface area contributed by atoms with Crippen LogP contribution in [0.1, 0.15) is 45.7 Å². The van der Waals surface area contributed by atoms with Crippen LogP contribution in [-0.4, -0.2) is 11.2 Å². The first-order valence-electron chi connectivity index (χ1n) is 6.08. The highest BCUT2D eigenvalue weighted by Crippen LogP contribution is 2.23. The zero-order valence-corrected chi connectivity index (χ0v) is 11.1. The standard InChI is InChI=1S/C15H24O/c1-11(12(2)16)10-13-6-8-14(9-7-13)15(3,4)5/h6-9,11-12,16H,10H2,1-5H3. The third kappa shape index (κ3) is 3.64. The Morgan fingerprint density at radius 2 is 1.56 bits per heavy atom. The summed E-state index contributed by atoms with van der Waals surface area (Å²) in [7, 11) is 0. The second-order valence-corrected chi connectivity index (χ2v) is 5.87. The molecule has 16 heavy (non-hydrogen) atoms. The molecule has 1 aromatic rings. The lowest BCUT2D eigenvalue weighted by Gasteiger charge is -2.20. The zero-order chi connectivity index (χ0) is 12.3. The van der Waals surface area contributed by atoms with Crippen molar-refractivity contribution in [2.75, 3.05) is 0 Å². The summed E-state index contributed by atoms with van der Waals surface area (Å²) in [6.45, 7) is 10.6. The van der Waals surface area contributed by atoms with Gasteiger partial charge in [0.1, 0.15) is 0 Å². The molecule has 2 atom stereocenters. The van der Waals surface area contributed by atoms with Crippen LogP contribution >= 0.6 is 0 Å². The van der Waals surface area contributed by atoms with Crippen LogP contribution in [0.5, 0.6) is 0 Å². The van der Waals surface area contributed by atoms with Crippen LogP contribution in [0.3, 0.4) is 0 Å². The molecule has 0 spiro atoms. The first-order valence-corrected chi connectivity index (χ1v) is 6.08. The highest BCUT2D eigenvalue weighted by atomic mass is 16.3.